The lowest BCUT2D eigenvalue weighted by atomic mass is 10.0. The normalized spacial score (nSPS) is 12.1. The summed E-state index contributed by atoms with van der Waals surface area (Å²) >= 11 is 0. The molecule has 4 nitrogen and oxygen atoms in total. The zero-order valence-corrected chi connectivity index (χ0v) is 14.2. The zero-order valence-electron chi connectivity index (χ0n) is 14.2. The number of aliphatic hydroxyl groups excluding tert-OH is 1. The van der Waals surface area contributed by atoms with E-state index in [-0.39, 0.29) is 19.1 Å². The zero-order chi connectivity index (χ0) is 18.4. The Labute approximate surface area is 146 Å². The van der Waals surface area contributed by atoms with Crippen LogP contribution >= 0.6 is 0 Å². The molecule has 0 saturated heterocycles. The van der Waals surface area contributed by atoms with Crippen LogP contribution in [-0.2, 0) is 6.54 Å². The molecule has 2 aromatic carbocycles. The number of rotatable bonds is 6. The Morgan fingerprint density at radius 1 is 1.08 bits per heavy atom. The number of hydrogen-bond donors (Lipinski definition) is 2. The maximum absolute atomic E-state index is 13.8. The number of amides is 2. The Balaban J connectivity index is 2.29. The topological polar surface area (TPSA) is 52.6 Å². The monoisotopic (exact) mass is 348 g/mol. The fraction of sp³-hybridized carbons (Fsp3) is 0.316. The molecule has 2 aromatic rings. The van der Waals surface area contributed by atoms with Gasteiger partial charge in [0.2, 0.25) is 0 Å². The highest BCUT2D eigenvalue weighted by Gasteiger charge is 2.27. The fourth-order valence-corrected chi connectivity index (χ4v) is 2.59. The van der Waals surface area contributed by atoms with Gasteiger partial charge in [0.1, 0.15) is 17.3 Å². The molecule has 0 saturated carbocycles. The maximum atomic E-state index is 13.8. The molecule has 0 aliphatic heterocycles. The van der Waals surface area contributed by atoms with Gasteiger partial charge in [-0.1, -0.05) is 50.2 Å². The van der Waals surface area contributed by atoms with Gasteiger partial charge >= 0.3 is 6.03 Å². The Morgan fingerprint density at radius 3 is 2.20 bits per heavy atom. The average Bonchev–Trinajstić information content (AvgIpc) is 2.58. The van der Waals surface area contributed by atoms with Crippen LogP contribution in [-0.4, -0.2) is 28.7 Å². The first-order chi connectivity index (χ1) is 11.9. The summed E-state index contributed by atoms with van der Waals surface area (Å²) in [4.78, 5) is 14.1. The van der Waals surface area contributed by atoms with Crippen LogP contribution in [0.25, 0.3) is 0 Å². The molecule has 0 fully saturated rings. The first-order valence-corrected chi connectivity index (χ1v) is 8.10. The summed E-state index contributed by atoms with van der Waals surface area (Å²) in [5, 5.41) is 12.0. The molecule has 2 rings (SSSR count). The number of para-hydroxylation sites is 1. The number of anilines is 1. The van der Waals surface area contributed by atoms with Gasteiger partial charge in [0.05, 0.1) is 12.6 Å². The van der Waals surface area contributed by atoms with Crippen LogP contribution in [0.5, 0.6) is 0 Å². The number of urea groups is 1. The predicted molar refractivity (Wildman–Crippen MR) is 93.1 cm³/mol. The van der Waals surface area contributed by atoms with E-state index in [0.717, 1.165) is 17.7 Å². The molecule has 6 heteroatoms. The van der Waals surface area contributed by atoms with E-state index in [9.17, 15) is 18.7 Å². The van der Waals surface area contributed by atoms with Gasteiger partial charge in [0.25, 0.3) is 0 Å². The van der Waals surface area contributed by atoms with Crippen molar-refractivity contribution >= 4 is 11.7 Å². The quantitative estimate of drug-likeness (QED) is 0.828. The van der Waals surface area contributed by atoms with Crippen molar-refractivity contribution < 1.29 is 18.7 Å². The van der Waals surface area contributed by atoms with Crippen LogP contribution < -0.4 is 5.32 Å². The molecular formula is C19H22F2N2O2. The van der Waals surface area contributed by atoms with E-state index >= 15 is 0 Å². The van der Waals surface area contributed by atoms with Crippen molar-refractivity contribution in [3.8, 4) is 0 Å². The van der Waals surface area contributed by atoms with E-state index in [1.54, 1.807) is 0 Å². The van der Waals surface area contributed by atoms with Gasteiger partial charge in [-0.3, -0.25) is 0 Å². The second kappa shape index (κ2) is 8.58. The van der Waals surface area contributed by atoms with Crippen LogP contribution in [0.4, 0.5) is 19.3 Å². The number of nitrogens with one attached hydrogen (secondary N) is 1. The van der Waals surface area contributed by atoms with Crippen LogP contribution in [0.15, 0.2) is 48.5 Å². The minimum atomic E-state index is -0.849. The number of nitrogens with zero attached hydrogens (tertiary/aromatic N) is 1. The van der Waals surface area contributed by atoms with Gasteiger partial charge in [0, 0.05) is 6.54 Å². The lowest BCUT2D eigenvalue weighted by Gasteiger charge is -2.33. The molecule has 1 atom stereocenters. The second-order valence-electron chi connectivity index (χ2n) is 6.13. The van der Waals surface area contributed by atoms with E-state index in [2.05, 4.69) is 5.32 Å². The molecule has 2 amide bonds. The lowest BCUT2D eigenvalue weighted by Crippen LogP contribution is -2.47. The standard InChI is InChI=1S/C19H22F2N2O2/c1-13(2)17(12-24)23(11-14-7-4-3-5-8-14)19(25)22-18-15(20)9-6-10-16(18)21/h3-10,13,17,24H,11-12H2,1-2H3,(H,22,25). The fourth-order valence-electron chi connectivity index (χ4n) is 2.59. The molecule has 0 aromatic heterocycles. The highest BCUT2D eigenvalue weighted by atomic mass is 19.1. The van der Waals surface area contributed by atoms with Crippen molar-refractivity contribution in [2.24, 2.45) is 5.92 Å². The third-order valence-electron chi connectivity index (χ3n) is 4.01. The minimum Gasteiger partial charge on any atom is -0.394 e. The molecule has 2 N–H and O–H groups in total. The van der Waals surface area contributed by atoms with E-state index in [4.69, 9.17) is 0 Å². The van der Waals surface area contributed by atoms with Crippen molar-refractivity contribution in [1.29, 1.82) is 0 Å². The predicted octanol–water partition coefficient (Wildman–Crippen LogP) is 4.02. The molecule has 1 unspecified atom stereocenters. The van der Waals surface area contributed by atoms with Crippen LogP contribution in [0, 0.1) is 17.6 Å². The van der Waals surface area contributed by atoms with E-state index in [1.807, 2.05) is 44.2 Å². The van der Waals surface area contributed by atoms with Gasteiger partial charge in [-0.2, -0.15) is 0 Å². The van der Waals surface area contributed by atoms with E-state index in [0.29, 0.717) is 0 Å². The molecule has 0 spiro atoms. The number of benzene rings is 2. The third kappa shape index (κ3) is 4.76. The Morgan fingerprint density at radius 2 is 1.68 bits per heavy atom. The van der Waals surface area contributed by atoms with E-state index in [1.165, 1.54) is 11.0 Å². The molecule has 0 bridgehead atoms. The van der Waals surface area contributed by atoms with Gasteiger partial charge in [-0.15, -0.1) is 0 Å². The molecule has 25 heavy (non-hydrogen) atoms. The van der Waals surface area contributed by atoms with Crippen LogP contribution in [0.2, 0.25) is 0 Å². The van der Waals surface area contributed by atoms with Crippen molar-refractivity contribution in [3.63, 3.8) is 0 Å². The summed E-state index contributed by atoms with van der Waals surface area (Å²) < 4.78 is 27.6. The maximum Gasteiger partial charge on any atom is 0.322 e. The summed E-state index contributed by atoms with van der Waals surface area (Å²) in [6, 6.07) is 11.4. The van der Waals surface area contributed by atoms with Crippen molar-refractivity contribution in [1.82, 2.24) is 4.90 Å². The second-order valence-corrected chi connectivity index (χ2v) is 6.13. The van der Waals surface area contributed by atoms with Gasteiger partial charge in [-0.25, -0.2) is 13.6 Å². The smallest absolute Gasteiger partial charge is 0.322 e. The van der Waals surface area contributed by atoms with Gasteiger partial charge in [0.15, 0.2) is 0 Å². The number of aliphatic hydroxyl groups is 1. The molecule has 0 radical (unpaired) electrons. The van der Waals surface area contributed by atoms with Crippen molar-refractivity contribution in [3.05, 3.63) is 65.7 Å². The number of hydrogen-bond acceptors (Lipinski definition) is 2. The summed E-state index contributed by atoms with van der Waals surface area (Å²) in [6.07, 6.45) is 0. The number of halogens is 2. The van der Waals surface area contributed by atoms with Crippen LogP contribution in [0.3, 0.4) is 0 Å². The molecule has 134 valence electrons. The SMILES string of the molecule is CC(C)C(CO)N(Cc1ccccc1)C(=O)Nc1c(F)cccc1F. The Bertz CT molecular complexity index is 688. The highest BCUT2D eigenvalue weighted by Crippen LogP contribution is 2.21. The highest BCUT2D eigenvalue weighted by molar-refractivity contribution is 5.89. The van der Waals surface area contributed by atoms with Gasteiger partial charge < -0.3 is 15.3 Å². The summed E-state index contributed by atoms with van der Waals surface area (Å²) in [5.41, 5.74) is 0.358. The number of carbonyl (C=O) groups excluding carboxylic acids is 1. The molecule has 0 aliphatic carbocycles. The lowest BCUT2D eigenvalue weighted by molar-refractivity contribution is 0.110. The molecular weight excluding hydrogens is 326 g/mol. The largest absolute Gasteiger partial charge is 0.394 e. The summed E-state index contributed by atoms with van der Waals surface area (Å²) in [5.74, 6) is -1.74. The van der Waals surface area contributed by atoms with Crippen molar-refractivity contribution in [2.75, 3.05) is 11.9 Å². The third-order valence-corrected chi connectivity index (χ3v) is 4.01. The van der Waals surface area contributed by atoms with Crippen molar-refractivity contribution in [2.45, 2.75) is 26.4 Å². The molecule has 0 aliphatic rings. The van der Waals surface area contributed by atoms with Crippen LogP contribution in [0.1, 0.15) is 19.4 Å². The van der Waals surface area contributed by atoms with Gasteiger partial charge in [-0.05, 0) is 23.6 Å². The Hall–Kier alpha value is -2.47. The molecule has 0 heterocycles. The average molecular weight is 348 g/mol. The minimum absolute atomic E-state index is 0.0371. The first-order valence-electron chi connectivity index (χ1n) is 8.10. The summed E-state index contributed by atoms with van der Waals surface area (Å²) in [6.45, 7) is 3.70. The van der Waals surface area contributed by atoms with E-state index < -0.39 is 29.4 Å². The number of carbonyl (C=O) groups is 1. The Kier molecular flexibility index (Phi) is 6.47. The first kappa shape index (κ1) is 18.9. The summed E-state index contributed by atoms with van der Waals surface area (Å²) in [7, 11) is 0.